The van der Waals surface area contributed by atoms with Gasteiger partial charge in [0.15, 0.2) is 0 Å². The van der Waals surface area contributed by atoms with Crippen LogP contribution in [0.5, 0.6) is 0 Å². The van der Waals surface area contributed by atoms with E-state index in [4.69, 9.17) is 0 Å². The molecule has 0 saturated carbocycles. The molecule has 1 amide bonds. The van der Waals surface area contributed by atoms with E-state index in [-0.39, 0.29) is 6.04 Å². The number of H-pyrrole nitrogens is 1. The maximum absolute atomic E-state index is 13.8. The first-order valence-corrected chi connectivity index (χ1v) is 13.5. The Kier molecular flexibility index (Phi) is 6.29. The van der Waals surface area contributed by atoms with Crippen molar-refractivity contribution in [3.8, 4) is 11.3 Å². The smallest absolute Gasteiger partial charge is 0.233 e. The van der Waals surface area contributed by atoms with Crippen molar-refractivity contribution in [2.45, 2.75) is 97.2 Å². The van der Waals surface area contributed by atoms with Crippen LogP contribution < -0.4 is 5.32 Å². The van der Waals surface area contributed by atoms with Crippen LogP contribution in [0.1, 0.15) is 88.1 Å². The second-order valence-corrected chi connectivity index (χ2v) is 11.5. The quantitative estimate of drug-likeness (QED) is 0.392. The Morgan fingerprint density at radius 1 is 1.06 bits per heavy atom. The number of amides is 1. The van der Waals surface area contributed by atoms with Gasteiger partial charge in [0, 0.05) is 34.6 Å². The highest BCUT2D eigenvalue weighted by atomic mass is 16.2. The molecule has 4 heteroatoms. The Labute approximate surface area is 210 Å². The van der Waals surface area contributed by atoms with Crippen LogP contribution in [0.2, 0.25) is 0 Å². The van der Waals surface area contributed by atoms with Crippen molar-refractivity contribution >= 4 is 16.8 Å². The number of fused-ring (bicyclic) bond motifs is 3. The van der Waals surface area contributed by atoms with Crippen molar-refractivity contribution in [1.82, 2.24) is 15.2 Å². The van der Waals surface area contributed by atoms with Gasteiger partial charge in [0.2, 0.25) is 5.91 Å². The molecular weight excluding hydrogens is 430 g/mol. The lowest BCUT2D eigenvalue weighted by Crippen LogP contribution is -2.45. The molecule has 0 radical (unpaired) electrons. The zero-order valence-electron chi connectivity index (χ0n) is 22.3. The summed E-state index contributed by atoms with van der Waals surface area (Å²) in [6.45, 7) is 14.0. The van der Waals surface area contributed by atoms with Gasteiger partial charge in [0.1, 0.15) is 0 Å². The number of aromatic nitrogens is 1. The molecule has 5 rings (SSSR count). The summed E-state index contributed by atoms with van der Waals surface area (Å²) in [6.07, 6.45) is 5.79. The molecule has 2 aromatic carbocycles. The van der Waals surface area contributed by atoms with E-state index < -0.39 is 5.41 Å². The number of aryl methyl sites for hydroxylation is 2. The summed E-state index contributed by atoms with van der Waals surface area (Å²) in [4.78, 5) is 19.8. The summed E-state index contributed by atoms with van der Waals surface area (Å²) in [5, 5.41) is 4.94. The summed E-state index contributed by atoms with van der Waals surface area (Å²) in [6, 6.07) is 14.5. The molecule has 2 fully saturated rings. The van der Waals surface area contributed by atoms with Crippen molar-refractivity contribution in [2.75, 3.05) is 6.54 Å². The molecule has 4 nitrogen and oxygen atoms in total. The molecule has 1 atom stereocenters. The Morgan fingerprint density at radius 2 is 1.69 bits per heavy atom. The van der Waals surface area contributed by atoms with Crippen LogP contribution >= 0.6 is 0 Å². The zero-order chi connectivity index (χ0) is 24.9. The summed E-state index contributed by atoms with van der Waals surface area (Å²) in [7, 11) is 0. The fourth-order valence-electron chi connectivity index (χ4n) is 6.55. The Hall–Kier alpha value is -2.59. The summed E-state index contributed by atoms with van der Waals surface area (Å²) < 4.78 is 0. The fourth-order valence-corrected chi connectivity index (χ4v) is 6.55. The molecule has 3 heterocycles. The van der Waals surface area contributed by atoms with E-state index in [1.54, 1.807) is 0 Å². The van der Waals surface area contributed by atoms with Gasteiger partial charge < -0.3 is 15.2 Å². The number of nitrogens with zero attached hydrogens (tertiary/aromatic N) is 1. The number of carbonyl (C=O) groups excluding carboxylic acids is 1. The lowest BCUT2D eigenvalue weighted by atomic mass is 9.82. The van der Waals surface area contributed by atoms with Crippen LogP contribution in [0.15, 0.2) is 36.4 Å². The maximum Gasteiger partial charge on any atom is 0.233 e. The predicted molar refractivity (Wildman–Crippen MR) is 146 cm³/mol. The van der Waals surface area contributed by atoms with Crippen LogP contribution in [0.4, 0.5) is 0 Å². The van der Waals surface area contributed by atoms with E-state index in [1.807, 2.05) is 0 Å². The number of aromatic amines is 1. The third-order valence-electron chi connectivity index (χ3n) is 8.43. The molecule has 186 valence electrons. The minimum absolute atomic E-state index is 0.197. The Morgan fingerprint density at radius 3 is 2.29 bits per heavy atom. The highest BCUT2D eigenvalue weighted by Gasteiger charge is 2.47. The first-order chi connectivity index (χ1) is 16.7. The van der Waals surface area contributed by atoms with Crippen molar-refractivity contribution in [3.05, 3.63) is 58.7 Å². The van der Waals surface area contributed by atoms with Gasteiger partial charge in [-0.25, -0.2) is 0 Å². The third-order valence-corrected chi connectivity index (χ3v) is 8.43. The average molecular weight is 472 g/mol. The van der Waals surface area contributed by atoms with Gasteiger partial charge >= 0.3 is 0 Å². The van der Waals surface area contributed by atoms with E-state index in [2.05, 4.69) is 93.1 Å². The molecular formula is C31H41N3O. The molecule has 35 heavy (non-hydrogen) atoms. The molecule has 0 unspecified atom stereocenters. The van der Waals surface area contributed by atoms with Gasteiger partial charge in [0.05, 0.1) is 11.1 Å². The van der Waals surface area contributed by atoms with E-state index in [0.717, 1.165) is 24.0 Å². The van der Waals surface area contributed by atoms with Crippen LogP contribution in [0, 0.1) is 13.8 Å². The second-order valence-electron chi connectivity index (χ2n) is 11.5. The Bertz CT molecular complexity index is 1210. The summed E-state index contributed by atoms with van der Waals surface area (Å²) in [5.74, 6) is 0.297. The van der Waals surface area contributed by atoms with Crippen LogP contribution in [-0.4, -0.2) is 34.4 Å². The number of benzene rings is 2. The van der Waals surface area contributed by atoms with Gasteiger partial charge in [-0.3, -0.25) is 4.79 Å². The van der Waals surface area contributed by atoms with Gasteiger partial charge in [0.25, 0.3) is 0 Å². The molecule has 2 N–H and O–H groups in total. The van der Waals surface area contributed by atoms with Gasteiger partial charge in [-0.2, -0.15) is 0 Å². The molecule has 2 aliphatic heterocycles. The number of nitrogens with one attached hydrogen (secondary N) is 2. The van der Waals surface area contributed by atoms with E-state index in [0.29, 0.717) is 18.0 Å². The molecule has 3 aromatic rings. The third kappa shape index (κ3) is 4.20. The van der Waals surface area contributed by atoms with Gasteiger partial charge in [-0.1, -0.05) is 30.2 Å². The Balaban J connectivity index is 1.61. The van der Waals surface area contributed by atoms with Crippen LogP contribution in [0.25, 0.3) is 22.2 Å². The lowest BCUT2D eigenvalue weighted by molar-refractivity contribution is -0.137. The normalized spacial score (nSPS) is 20.7. The number of hydrogen-bond donors (Lipinski definition) is 2. The largest absolute Gasteiger partial charge is 0.354 e. The summed E-state index contributed by atoms with van der Waals surface area (Å²) in [5.41, 5.74) is 7.94. The van der Waals surface area contributed by atoms with E-state index >= 15 is 0 Å². The lowest BCUT2D eigenvalue weighted by Gasteiger charge is -2.33. The highest BCUT2D eigenvalue weighted by Crippen LogP contribution is 2.42. The van der Waals surface area contributed by atoms with E-state index in [9.17, 15) is 4.79 Å². The van der Waals surface area contributed by atoms with Crippen LogP contribution in [-0.2, 0) is 10.2 Å². The molecule has 0 aliphatic carbocycles. The number of hydrogen-bond acceptors (Lipinski definition) is 2. The van der Waals surface area contributed by atoms with Gasteiger partial charge in [-0.15, -0.1) is 0 Å². The van der Waals surface area contributed by atoms with Crippen LogP contribution in [0.3, 0.4) is 0 Å². The maximum atomic E-state index is 13.8. The standard InChI is InChI=1S/C31H41N3O/c1-7-14-32-21(4)28-26-18-23(31(5,6)30(35)34-24-9-10-25(34)12-11-24)8-13-27(26)33-29(28)22-16-19(2)15-20(3)17-22/h8,13,15-18,21,24-25,32-33H,7,9-12,14H2,1-6H3/t21-,24?,25?/m0/s1. The van der Waals surface area contributed by atoms with E-state index in [1.165, 1.54) is 59.0 Å². The van der Waals surface area contributed by atoms with Crippen molar-refractivity contribution in [1.29, 1.82) is 0 Å². The number of rotatable bonds is 7. The molecule has 1 aromatic heterocycles. The predicted octanol–water partition coefficient (Wildman–Crippen LogP) is 6.94. The monoisotopic (exact) mass is 471 g/mol. The molecule has 2 saturated heterocycles. The van der Waals surface area contributed by atoms with Gasteiger partial charge in [-0.05, 0) is 109 Å². The first kappa shape index (κ1) is 24.1. The molecule has 2 aliphatic rings. The number of carbonyl (C=O) groups is 1. The SMILES string of the molecule is CCCN[C@@H](C)c1c(-c2cc(C)cc(C)c2)[nH]c2ccc(C(C)(C)C(=O)N3C4CCC3CC4)cc12. The second kappa shape index (κ2) is 9.13. The fraction of sp³-hybridized carbons (Fsp3) is 0.516. The molecule has 2 bridgehead atoms. The average Bonchev–Trinajstić information content (AvgIpc) is 3.53. The zero-order valence-corrected chi connectivity index (χ0v) is 22.3. The minimum Gasteiger partial charge on any atom is -0.354 e. The van der Waals surface area contributed by atoms with Crippen molar-refractivity contribution in [2.24, 2.45) is 0 Å². The minimum atomic E-state index is -0.548. The topological polar surface area (TPSA) is 48.1 Å². The van der Waals surface area contributed by atoms with Crippen molar-refractivity contribution < 1.29 is 4.79 Å². The molecule has 0 spiro atoms. The highest BCUT2D eigenvalue weighted by molar-refractivity contribution is 5.94. The summed E-state index contributed by atoms with van der Waals surface area (Å²) >= 11 is 0. The van der Waals surface area contributed by atoms with Crippen molar-refractivity contribution in [3.63, 3.8) is 0 Å². The first-order valence-electron chi connectivity index (χ1n) is 13.5.